The molecule has 0 aliphatic heterocycles. The lowest BCUT2D eigenvalue weighted by atomic mass is 10.3. The first kappa shape index (κ1) is 9.99. The lowest BCUT2D eigenvalue weighted by Gasteiger charge is -2.05. The SMILES string of the molecule is ClCc1cc(Oc2ccccc2)ccn1. The van der Waals surface area contributed by atoms with Gasteiger partial charge in [-0.25, -0.2) is 0 Å². The Bertz CT molecular complexity index is 431. The minimum atomic E-state index is 0.395. The Labute approximate surface area is 93.5 Å². The van der Waals surface area contributed by atoms with Crippen LogP contribution in [0.5, 0.6) is 11.5 Å². The van der Waals surface area contributed by atoms with Gasteiger partial charge in [-0.05, 0) is 18.2 Å². The number of alkyl halides is 1. The predicted octanol–water partition coefficient (Wildman–Crippen LogP) is 3.61. The van der Waals surface area contributed by atoms with Gasteiger partial charge in [0.15, 0.2) is 0 Å². The Morgan fingerprint density at radius 3 is 2.60 bits per heavy atom. The smallest absolute Gasteiger partial charge is 0.130 e. The molecule has 0 spiro atoms. The standard InChI is InChI=1S/C12H10ClNO/c13-9-10-8-12(6-7-14-10)15-11-4-2-1-3-5-11/h1-8H,9H2. The first-order chi connectivity index (χ1) is 7.38. The molecule has 0 saturated heterocycles. The third-order valence-corrected chi connectivity index (χ3v) is 2.18. The number of ether oxygens (including phenoxy) is 1. The number of para-hydroxylation sites is 1. The number of aromatic nitrogens is 1. The molecule has 0 aliphatic carbocycles. The molecule has 0 unspecified atom stereocenters. The molecule has 1 aromatic heterocycles. The Hall–Kier alpha value is -1.54. The molecule has 0 radical (unpaired) electrons. The Morgan fingerprint density at radius 2 is 1.87 bits per heavy atom. The first-order valence-electron chi connectivity index (χ1n) is 4.62. The molecule has 3 heteroatoms. The summed E-state index contributed by atoms with van der Waals surface area (Å²) in [5.41, 5.74) is 0.810. The minimum absolute atomic E-state index is 0.395. The molecule has 1 aromatic carbocycles. The van der Waals surface area contributed by atoms with E-state index in [-0.39, 0.29) is 0 Å². The van der Waals surface area contributed by atoms with Gasteiger partial charge in [0.05, 0.1) is 11.6 Å². The second-order valence-corrected chi connectivity index (χ2v) is 3.30. The van der Waals surface area contributed by atoms with Crippen LogP contribution in [0.2, 0.25) is 0 Å². The van der Waals surface area contributed by atoms with E-state index in [0.29, 0.717) is 5.88 Å². The van der Waals surface area contributed by atoms with Crippen LogP contribution in [-0.4, -0.2) is 4.98 Å². The van der Waals surface area contributed by atoms with Crippen molar-refractivity contribution in [3.63, 3.8) is 0 Å². The third-order valence-electron chi connectivity index (χ3n) is 1.90. The number of nitrogens with zero attached hydrogens (tertiary/aromatic N) is 1. The van der Waals surface area contributed by atoms with Crippen molar-refractivity contribution in [2.24, 2.45) is 0 Å². The van der Waals surface area contributed by atoms with Crippen molar-refractivity contribution >= 4 is 11.6 Å². The van der Waals surface area contributed by atoms with Gasteiger partial charge >= 0.3 is 0 Å². The molecule has 0 amide bonds. The topological polar surface area (TPSA) is 22.1 Å². The summed E-state index contributed by atoms with van der Waals surface area (Å²) >= 11 is 5.68. The minimum Gasteiger partial charge on any atom is -0.457 e. The molecule has 0 fully saturated rings. The van der Waals surface area contributed by atoms with Crippen molar-refractivity contribution in [2.45, 2.75) is 5.88 Å². The summed E-state index contributed by atoms with van der Waals surface area (Å²) in [5, 5.41) is 0. The zero-order chi connectivity index (χ0) is 10.5. The molecule has 0 aliphatic rings. The number of pyridine rings is 1. The van der Waals surface area contributed by atoms with Gasteiger partial charge in [-0.1, -0.05) is 18.2 Å². The highest BCUT2D eigenvalue weighted by Crippen LogP contribution is 2.21. The summed E-state index contributed by atoms with van der Waals surface area (Å²) in [5.74, 6) is 1.96. The highest BCUT2D eigenvalue weighted by molar-refractivity contribution is 6.16. The highest BCUT2D eigenvalue weighted by Gasteiger charge is 1.98. The number of hydrogen-bond donors (Lipinski definition) is 0. The Kier molecular flexibility index (Phi) is 3.20. The molecule has 0 bridgehead atoms. The Morgan fingerprint density at radius 1 is 1.07 bits per heavy atom. The second-order valence-electron chi connectivity index (χ2n) is 3.03. The number of hydrogen-bond acceptors (Lipinski definition) is 2. The van der Waals surface area contributed by atoms with Gasteiger partial charge < -0.3 is 4.74 Å². The second kappa shape index (κ2) is 4.80. The zero-order valence-electron chi connectivity index (χ0n) is 8.06. The summed E-state index contributed by atoms with van der Waals surface area (Å²) in [6.07, 6.45) is 1.69. The van der Waals surface area contributed by atoms with Crippen LogP contribution in [0.15, 0.2) is 48.7 Å². The van der Waals surface area contributed by atoms with E-state index in [1.807, 2.05) is 42.5 Å². The molecule has 2 nitrogen and oxygen atoms in total. The van der Waals surface area contributed by atoms with Crippen LogP contribution >= 0.6 is 11.6 Å². The fourth-order valence-electron chi connectivity index (χ4n) is 1.22. The lowest BCUT2D eigenvalue weighted by molar-refractivity contribution is 0.481. The normalized spacial score (nSPS) is 9.93. The van der Waals surface area contributed by atoms with E-state index < -0.39 is 0 Å². The van der Waals surface area contributed by atoms with Gasteiger partial charge in [0.1, 0.15) is 11.5 Å². The van der Waals surface area contributed by atoms with Crippen molar-refractivity contribution in [1.29, 1.82) is 0 Å². The maximum atomic E-state index is 5.68. The summed E-state index contributed by atoms with van der Waals surface area (Å²) in [4.78, 5) is 4.09. The van der Waals surface area contributed by atoms with Crippen LogP contribution in [-0.2, 0) is 5.88 Å². The van der Waals surface area contributed by atoms with E-state index in [4.69, 9.17) is 16.3 Å². The molecule has 0 atom stereocenters. The quantitative estimate of drug-likeness (QED) is 0.736. The molecule has 76 valence electrons. The summed E-state index contributed by atoms with van der Waals surface area (Å²) in [7, 11) is 0. The van der Waals surface area contributed by atoms with Crippen LogP contribution in [0.4, 0.5) is 0 Å². The molecule has 2 aromatic rings. The van der Waals surface area contributed by atoms with Crippen LogP contribution < -0.4 is 4.74 Å². The van der Waals surface area contributed by atoms with Crippen molar-refractivity contribution in [3.05, 3.63) is 54.4 Å². The average molecular weight is 220 g/mol. The van der Waals surface area contributed by atoms with Gasteiger partial charge in [-0.3, -0.25) is 4.98 Å². The lowest BCUT2D eigenvalue weighted by Crippen LogP contribution is -1.88. The van der Waals surface area contributed by atoms with Gasteiger partial charge in [-0.2, -0.15) is 0 Å². The molecule has 0 saturated carbocycles. The van der Waals surface area contributed by atoms with Crippen LogP contribution in [0.1, 0.15) is 5.69 Å². The van der Waals surface area contributed by atoms with Gasteiger partial charge in [-0.15, -0.1) is 11.6 Å². The largest absolute Gasteiger partial charge is 0.457 e. The predicted molar refractivity (Wildman–Crippen MR) is 60.3 cm³/mol. The fourth-order valence-corrected chi connectivity index (χ4v) is 1.36. The summed E-state index contributed by atoms with van der Waals surface area (Å²) in [6, 6.07) is 13.3. The van der Waals surface area contributed by atoms with E-state index in [1.165, 1.54) is 0 Å². The third kappa shape index (κ3) is 2.70. The molecule has 2 rings (SSSR count). The summed E-state index contributed by atoms with van der Waals surface area (Å²) in [6.45, 7) is 0. The number of rotatable bonds is 3. The van der Waals surface area contributed by atoms with E-state index in [9.17, 15) is 0 Å². The highest BCUT2D eigenvalue weighted by atomic mass is 35.5. The van der Waals surface area contributed by atoms with E-state index >= 15 is 0 Å². The van der Waals surface area contributed by atoms with E-state index in [1.54, 1.807) is 6.20 Å². The van der Waals surface area contributed by atoms with E-state index in [2.05, 4.69) is 4.98 Å². The van der Waals surface area contributed by atoms with E-state index in [0.717, 1.165) is 17.2 Å². The van der Waals surface area contributed by atoms with Crippen molar-refractivity contribution < 1.29 is 4.74 Å². The molecule has 1 heterocycles. The van der Waals surface area contributed by atoms with Crippen molar-refractivity contribution in [2.75, 3.05) is 0 Å². The van der Waals surface area contributed by atoms with Gasteiger partial charge in [0, 0.05) is 12.3 Å². The zero-order valence-corrected chi connectivity index (χ0v) is 8.82. The first-order valence-corrected chi connectivity index (χ1v) is 5.16. The molecular formula is C12H10ClNO. The molecule has 15 heavy (non-hydrogen) atoms. The van der Waals surface area contributed by atoms with Crippen LogP contribution in [0.25, 0.3) is 0 Å². The molecule has 0 N–H and O–H groups in total. The maximum absolute atomic E-state index is 5.68. The van der Waals surface area contributed by atoms with Gasteiger partial charge in [0.25, 0.3) is 0 Å². The van der Waals surface area contributed by atoms with Crippen molar-refractivity contribution in [1.82, 2.24) is 4.98 Å². The maximum Gasteiger partial charge on any atom is 0.130 e. The fraction of sp³-hybridized carbons (Fsp3) is 0.0833. The van der Waals surface area contributed by atoms with Crippen molar-refractivity contribution in [3.8, 4) is 11.5 Å². The van der Waals surface area contributed by atoms with Crippen LogP contribution in [0.3, 0.4) is 0 Å². The number of halogens is 1. The average Bonchev–Trinajstić information content (AvgIpc) is 2.31. The Balaban J connectivity index is 2.17. The summed E-state index contributed by atoms with van der Waals surface area (Å²) < 4.78 is 5.62. The van der Waals surface area contributed by atoms with Crippen LogP contribution in [0, 0.1) is 0 Å². The molecular weight excluding hydrogens is 210 g/mol. The van der Waals surface area contributed by atoms with Gasteiger partial charge in [0.2, 0.25) is 0 Å². The monoisotopic (exact) mass is 219 g/mol. The number of benzene rings is 1.